The quantitative estimate of drug-likeness (QED) is 0.725. The summed E-state index contributed by atoms with van der Waals surface area (Å²) in [6.07, 6.45) is -6.93. The molecule has 1 rings (SSSR count). The molecule has 1 nitrogen and oxygen atoms in total. The largest absolute Gasteiger partial charge is 0.460 e. The SMILES string of the molecule is FC1=CC(C(F)(F)C(F)(F)C(F)(F)C(F)(F)C(F)(F)F)NC=C1. The van der Waals surface area contributed by atoms with E-state index in [0.717, 1.165) is 0 Å². The van der Waals surface area contributed by atoms with Crippen LogP contribution in [0, 0.1) is 0 Å². The highest BCUT2D eigenvalue weighted by atomic mass is 19.4. The van der Waals surface area contributed by atoms with Crippen LogP contribution >= 0.6 is 0 Å². The van der Waals surface area contributed by atoms with E-state index in [-0.39, 0.29) is 12.3 Å². The van der Waals surface area contributed by atoms with Crippen LogP contribution < -0.4 is 5.32 Å². The molecule has 0 saturated carbocycles. The van der Waals surface area contributed by atoms with Crippen molar-refractivity contribution in [1.29, 1.82) is 0 Å². The maximum atomic E-state index is 13.4. The zero-order chi connectivity index (χ0) is 18.5. The standard InChI is InChI=1S/C10H5F12N/c11-4-1-2-23-5(3-4)6(12,13)7(14,15)8(16,17)9(18,19)10(20,21)22/h1-3,5,23H. The number of nitrogens with one attached hydrogen (secondary N) is 1. The molecule has 0 amide bonds. The van der Waals surface area contributed by atoms with E-state index in [9.17, 15) is 52.7 Å². The van der Waals surface area contributed by atoms with E-state index in [1.54, 1.807) is 0 Å². The third kappa shape index (κ3) is 2.73. The number of rotatable bonds is 4. The maximum Gasteiger partial charge on any atom is 0.460 e. The van der Waals surface area contributed by atoms with Gasteiger partial charge in [-0.05, 0) is 18.4 Å². The number of hydrogen-bond acceptors (Lipinski definition) is 1. The first-order chi connectivity index (χ1) is 10.00. The molecule has 13 heteroatoms. The number of alkyl halides is 11. The van der Waals surface area contributed by atoms with Gasteiger partial charge >= 0.3 is 29.9 Å². The third-order valence-electron chi connectivity index (χ3n) is 2.80. The summed E-state index contributed by atoms with van der Waals surface area (Å²) in [7, 11) is 0. The van der Waals surface area contributed by atoms with Gasteiger partial charge in [-0.1, -0.05) is 0 Å². The Bertz CT molecular complexity index is 514. The first kappa shape index (κ1) is 19.5. The summed E-state index contributed by atoms with van der Waals surface area (Å²) < 4.78 is 153. The highest BCUT2D eigenvalue weighted by Gasteiger charge is 2.87. The zero-order valence-corrected chi connectivity index (χ0v) is 10.3. The fourth-order valence-corrected chi connectivity index (χ4v) is 1.48. The van der Waals surface area contributed by atoms with E-state index in [4.69, 9.17) is 0 Å². The molecule has 1 unspecified atom stereocenters. The number of dihydropyridines is 1. The summed E-state index contributed by atoms with van der Waals surface area (Å²) in [4.78, 5) is 0. The molecular formula is C10H5F12N. The molecule has 1 aliphatic rings. The van der Waals surface area contributed by atoms with Crippen LogP contribution in [-0.4, -0.2) is 35.9 Å². The maximum absolute atomic E-state index is 13.4. The Kier molecular flexibility index (Phi) is 4.43. The average Bonchev–Trinajstić information content (AvgIpc) is 2.36. The highest BCUT2D eigenvalue weighted by molar-refractivity contribution is 5.24. The molecule has 0 spiro atoms. The van der Waals surface area contributed by atoms with Gasteiger partial charge in [-0.15, -0.1) is 0 Å². The molecule has 1 heterocycles. The van der Waals surface area contributed by atoms with Gasteiger partial charge in [-0.3, -0.25) is 0 Å². The van der Waals surface area contributed by atoms with Crippen LogP contribution in [0.3, 0.4) is 0 Å². The Morgan fingerprint density at radius 3 is 1.61 bits per heavy atom. The smallest absolute Gasteiger partial charge is 0.379 e. The van der Waals surface area contributed by atoms with Crippen molar-refractivity contribution in [3.8, 4) is 0 Å². The normalized spacial score (nSPS) is 21.0. The lowest BCUT2D eigenvalue weighted by molar-refractivity contribution is -0.423. The Labute approximate surface area is 119 Å². The monoisotopic (exact) mass is 367 g/mol. The van der Waals surface area contributed by atoms with Crippen molar-refractivity contribution >= 4 is 0 Å². The zero-order valence-electron chi connectivity index (χ0n) is 10.3. The van der Waals surface area contributed by atoms with Crippen molar-refractivity contribution in [3.63, 3.8) is 0 Å². The Balaban J connectivity index is 3.35. The molecule has 1 atom stereocenters. The van der Waals surface area contributed by atoms with E-state index in [1.165, 1.54) is 5.32 Å². The van der Waals surface area contributed by atoms with Crippen LogP contribution in [-0.2, 0) is 0 Å². The van der Waals surface area contributed by atoms with Crippen molar-refractivity contribution in [2.75, 3.05) is 0 Å². The fourth-order valence-electron chi connectivity index (χ4n) is 1.48. The van der Waals surface area contributed by atoms with Crippen LogP contribution in [0.1, 0.15) is 0 Å². The van der Waals surface area contributed by atoms with Gasteiger partial charge in [0.1, 0.15) is 11.9 Å². The van der Waals surface area contributed by atoms with Gasteiger partial charge < -0.3 is 5.32 Å². The van der Waals surface area contributed by atoms with Crippen LogP contribution in [0.4, 0.5) is 52.7 Å². The first-order valence-electron chi connectivity index (χ1n) is 5.38. The number of allylic oxidation sites excluding steroid dienone is 2. The molecule has 1 aliphatic heterocycles. The van der Waals surface area contributed by atoms with E-state index in [1.807, 2.05) is 0 Å². The van der Waals surface area contributed by atoms with Crippen molar-refractivity contribution < 1.29 is 52.7 Å². The fraction of sp³-hybridized carbons (Fsp3) is 0.600. The van der Waals surface area contributed by atoms with Crippen molar-refractivity contribution in [3.05, 3.63) is 24.2 Å². The summed E-state index contributed by atoms with van der Waals surface area (Å²) in [5, 5.41) is 1.27. The minimum absolute atomic E-state index is 0.268. The molecule has 0 fully saturated rings. The molecule has 134 valence electrons. The first-order valence-corrected chi connectivity index (χ1v) is 5.38. The van der Waals surface area contributed by atoms with Gasteiger partial charge in [0.25, 0.3) is 0 Å². The minimum atomic E-state index is -7.51. The molecular weight excluding hydrogens is 362 g/mol. The van der Waals surface area contributed by atoms with E-state index in [0.29, 0.717) is 6.08 Å². The van der Waals surface area contributed by atoms with Gasteiger partial charge in [0, 0.05) is 0 Å². The molecule has 23 heavy (non-hydrogen) atoms. The lowest BCUT2D eigenvalue weighted by Gasteiger charge is -2.39. The van der Waals surface area contributed by atoms with Gasteiger partial charge in [-0.2, -0.15) is 48.3 Å². The predicted octanol–water partition coefficient (Wildman–Crippen LogP) is 4.43. The molecule has 0 aromatic carbocycles. The van der Waals surface area contributed by atoms with E-state index in [2.05, 4.69) is 0 Å². The lowest BCUT2D eigenvalue weighted by atomic mass is 9.92. The van der Waals surface area contributed by atoms with Gasteiger partial charge in [0.05, 0.1) is 0 Å². The van der Waals surface area contributed by atoms with E-state index >= 15 is 0 Å². The second kappa shape index (κ2) is 5.23. The van der Waals surface area contributed by atoms with Crippen molar-refractivity contribution in [2.24, 2.45) is 0 Å². The topological polar surface area (TPSA) is 12.0 Å². The molecule has 0 bridgehead atoms. The highest BCUT2D eigenvalue weighted by Crippen LogP contribution is 2.58. The summed E-state index contributed by atoms with van der Waals surface area (Å²) in [6, 6.07) is -3.28. The second-order valence-corrected chi connectivity index (χ2v) is 4.37. The molecule has 0 saturated heterocycles. The molecule has 0 aromatic rings. The lowest BCUT2D eigenvalue weighted by Crippen LogP contribution is -2.69. The summed E-state index contributed by atoms with van der Waals surface area (Å²) in [5.41, 5.74) is 0. The Morgan fingerprint density at radius 1 is 0.739 bits per heavy atom. The molecule has 0 radical (unpaired) electrons. The number of halogens is 12. The predicted molar refractivity (Wildman–Crippen MR) is 51.1 cm³/mol. The minimum Gasteiger partial charge on any atom is -0.379 e. The molecule has 0 aliphatic carbocycles. The summed E-state index contributed by atoms with van der Waals surface area (Å²) in [6.45, 7) is 0. The number of hydrogen-bond donors (Lipinski definition) is 1. The van der Waals surface area contributed by atoms with Crippen LogP contribution in [0.15, 0.2) is 24.2 Å². The Hall–Kier alpha value is -1.56. The summed E-state index contributed by atoms with van der Waals surface area (Å²) >= 11 is 0. The van der Waals surface area contributed by atoms with Gasteiger partial charge in [0.2, 0.25) is 0 Å². The van der Waals surface area contributed by atoms with Crippen LogP contribution in [0.25, 0.3) is 0 Å². The third-order valence-corrected chi connectivity index (χ3v) is 2.80. The van der Waals surface area contributed by atoms with Gasteiger partial charge in [-0.25, -0.2) is 4.39 Å². The van der Waals surface area contributed by atoms with Crippen LogP contribution in [0.2, 0.25) is 0 Å². The van der Waals surface area contributed by atoms with Crippen molar-refractivity contribution in [2.45, 2.75) is 35.9 Å². The second-order valence-electron chi connectivity index (χ2n) is 4.37. The molecule has 1 N–H and O–H groups in total. The van der Waals surface area contributed by atoms with Gasteiger partial charge in [0.15, 0.2) is 0 Å². The Morgan fingerprint density at radius 2 is 1.22 bits per heavy atom. The van der Waals surface area contributed by atoms with Crippen LogP contribution in [0.5, 0.6) is 0 Å². The summed E-state index contributed by atoms with van der Waals surface area (Å²) in [5.74, 6) is -29.9. The molecule has 0 aromatic heterocycles. The average molecular weight is 367 g/mol. The van der Waals surface area contributed by atoms with Crippen molar-refractivity contribution in [1.82, 2.24) is 5.32 Å². The van der Waals surface area contributed by atoms with E-state index < -0.39 is 41.7 Å².